The SMILES string of the molecule is C.C.C.CC(=O)c1ccc(-n2cnc(N)c2)c(C)c1C.COc1c(C(C)=O)ccc(N)c1C.COc1c(C(C)=O)ccc([N+](=O)[O-])c1C.COc1c(C(C)=O)ccc([N+](=O)[O-])c1C.COc1c(C)c(-n2cnc([N+](=O)[O-])c2)cc(C#N)c1C(C)=O.COc1c(C)cc([N+](=O)[O-])cc1C(C)=O.COc1c(C)cccc1C(C)=O.O=[N+]([O-])O.O=[N+]([O-])c1cn([N+](=O)[O-])cn1.[HH].[HH]. The van der Waals surface area contributed by atoms with Gasteiger partial charge in [-0.15, -0.1) is 10.1 Å². The number of nitro groups is 6. The molecule has 3 heterocycles. The Kier molecular flexibility index (Phi) is 45.9. The summed E-state index contributed by atoms with van der Waals surface area (Å²) < 4.78 is 34.2. The predicted octanol–water partition coefficient (Wildman–Crippen LogP) is 16.7. The van der Waals surface area contributed by atoms with Gasteiger partial charge in [-0.3, -0.25) is 68.5 Å². The number of anilines is 2. The number of aryl methyl sites for hydroxylation is 2. The van der Waals surface area contributed by atoms with Crippen molar-refractivity contribution in [1.29, 1.82) is 5.26 Å². The second kappa shape index (κ2) is 51.8. The Bertz CT molecular complexity index is 5680. The zero-order chi connectivity index (χ0) is 94.9. The molecular weight excluding hydrogens is 1670 g/mol. The summed E-state index contributed by atoms with van der Waals surface area (Å²) in [6.45, 7) is 24.3. The number of imidazole rings is 3. The van der Waals surface area contributed by atoms with Crippen molar-refractivity contribution in [2.75, 3.05) is 54.1 Å². The number of ether oxygens (including phenoxy) is 6. The van der Waals surface area contributed by atoms with Crippen LogP contribution in [0.25, 0.3) is 11.4 Å². The van der Waals surface area contributed by atoms with E-state index in [4.69, 9.17) is 55.2 Å². The van der Waals surface area contributed by atoms with Gasteiger partial charge < -0.3 is 69.9 Å². The normalized spacial score (nSPS) is 9.54. The fraction of sp³-hybridized carbons (Fsp3) is 0.289. The van der Waals surface area contributed by atoms with E-state index < -0.39 is 40.6 Å². The molecule has 44 nitrogen and oxygen atoms in total. The Morgan fingerprint density at radius 2 is 0.787 bits per heavy atom. The molecule has 0 fully saturated rings. The standard InChI is InChI=1S/C14H12N4O4.C13H15N3O.3C10H11NO4.C10H13NO2.C10H12O2.C3H2N4O4.3CH4.HNO3.2H2/c1-8-11(17-6-12(16-7-17)18(20)21)4-10(5-15)13(9(2)19)14(8)22-3;1-8-9(2)12(5-4-11(8)10(3)17)16-6-13(14)15-7-16;1-6-4-8(11(13)14)5-9(7(2)12)10(6)15-3;2*1-6-9(11(13)14)5-4-8(7(2)12)10(6)15-3;1-6-9(11)5-4-8(7(2)12)10(6)13-3;1-7-5-4-6-9(8(2)11)10(7)12-3;8-6(9)3-1-5(2-4-3)7(10)11;;;;2-1(3)4;;/h4,6-7H,1-3H3;4-7H,14H2,1-3H3;3*4-5H,1-3H3;4-5H,11H2,1-3H3;4-6H,1-3H3;1-2H;3*1H4;(H,2,3,4);2*1H. The highest BCUT2D eigenvalue weighted by Crippen LogP contribution is 2.36. The topological polar surface area (TPSA) is 626 Å². The number of Topliss-reactive ketones (excluding diaryl/α,β-unsaturated/α-hetero) is 7. The van der Waals surface area contributed by atoms with Crippen LogP contribution in [0.2, 0.25) is 0 Å². The van der Waals surface area contributed by atoms with Gasteiger partial charge in [-0.2, -0.15) is 5.26 Å². The number of nitrogens with zero attached hydrogens (tertiary/aromatic N) is 14. The van der Waals surface area contributed by atoms with E-state index in [9.17, 15) is 99.5 Å². The molecule has 0 spiro atoms. The Balaban J connectivity index is -0.000000689. The van der Waals surface area contributed by atoms with Gasteiger partial charge in [0.1, 0.15) is 58.9 Å². The highest BCUT2D eigenvalue weighted by Gasteiger charge is 2.26. The average Bonchev–Trinajstić information content (AvgIpc) is 1.77. The van der Waals surface area contributed by atoms with Crippen LogP contribution >= 0.6 is 0 Å². The molecule has 3 aromatic heterocycles. The molecule has 0 aliphatic carbocycles. The third-order valence-electron chi connectivity index (χ3n) is 17.4. The van der Waals surface area contributed by atoms with Gasteiger partial charge in [-0.05, 0) is 199 Å². The monoisotopic (exact) mass is 1770 g/mol. The molecule has 0 atom stereocenters. The van der Waals surface area contributed by atoms with Crippen molar-refractivity contribution >= 4 is 80.7 Å². The maximum atomic E-state index is 11.8. The minimum absolute atomic E-state index is 0. The summed E-state index contributed by atoms with van der Waals surface area (Å²) in [6.07, 6.45) is 7.42. The van der Waals surface area contributed by atoms with Crippen molar-refractivity contribution in [2.45, 2.75) is 126 Å². The van der Waals surface area contributed by atoms with Crippen molar-refractivity contribution in [1.82, 2.24) is 28.8 Å². The van der Waals surface area contributed by atoms with Crippen LogP contribution in [0.15, 0.2) is 123 Å². The lowest BCUT2D eigenvalue weighted by atomic mass is 9.98. The number of nitrogen functional groups attached to an aromatic ring is 2. The quantitative estimate of drug-likeness (QED) is 0.0260. The van der Waals surface area contributed by atoms with E-state index in [2.05, 4.69) is 15.0 Å². The van der Waals surface area contributed by atoms with Gasteiger partial charge in [0, 0.05) is 55.2 Å². The first-order valence-electron chi connectivity index (χ1n) is 35.4. The van der Waals surface area contributed by atoms with Crippen LogP contribution in [-0.4, -0.2) is 152 Å². The number of aromatic nitrogens is 6. The minimum Gasteiger partial charge on any atom is -0.496 e. The highest BCUT2D eigenvalue weighted by atomic mass is 16.9. The van der Waals surface area contributed by atoms with E-state index in [1.807, 2.05) is 62.6 Å². The fourth-order valence-electron chi connectivity index (χ4n) is 11.3. The molecule has 684 valence electrons. The number of carbonyl (C=O) groups excluding carboxylic acids is 7. The molecule has 44 heteroatoms. The molecule has 7 aromatic carbocycles. The molecule has 0 amide bonds. The summed E-state index contributed by atoms with van der Waals surface area (Å²) in [7, 11) is 8.72. The maximum Gasteiger partial charge on any atom is 0.388 e. The molecule has 0 radical (unpaired) electrons. The fourth-order valence-corrected chi connectivity index (χ4v) is 11.3. The number of para-hydroxylation sites is 1. The van der Waals surface area contributed by atoms with E-state index in [0.717, 1.165) is 46.0 Å². The van der Waals surface area contributed by atoms with Crippen LogP contribution in [0.5, 0.6) is 34.5 Å². The number of nitrogens with two attached hydrogens (primary N) is 2. The van der Waals surface area contributed by atoms with Gasteiger partial charge in [0.05, 0.1) is 119 Å². The van der Waals surface area contributed by atoms with Crippen molar-refractivity contribution in [3.05, 3.63) is 282 Å². The Labute approximate surface area is 731 Å². The Morgan fingerprint density at radius 1 is 0.402 bits per heavy atom. The van der Waals surface area contributed by atoms with E-state index in [0.29, 0.717) is 83.6 Å². The second-order valence-corrected chi connectivity index (χ2v) is 25.5. The van der Waals surface area contributed by atoms with Crippen LogP contribution in [0.4, 0.5) is 40.2 Å². The molecule has 10 aromatic rings. The number of methoxy groups -OCH3 is 6. The third kappa shape index (κ3) is 30.8. The molecule has 0 saturated carbocycles. The van der Waals surface area contributed by atoms with Gasteiger partial charge >= 0.3 is 11.6 Å². The second-order valence-electron chi connectivity index (χ2n) is 25.5. The summed E-state index contributed by atoms with van der Waals surface area (Å²) in [5.41, 5.74) is 22.3. The summed E-state index contributed by atoms with van der Waals surface area (Å²) in [6, 6.07) is 24.2. The number of ketones is 7. The molecule has 127 heavy (non-hydrogen) atoms. The molecule has 0 saturated heterocycles. The summed E-state index contributed by atoms with van der Waals surface area (Å²) in [5.74, 6) is 1.33. The molecular formula is C83H104N16O28. The van der Waals surface area contributed by atoms with Crippen LogP contribution in [0.3, 0.4) is 0 Å². The number of benzene rings is 7. The van der Waals surface area contributed by atoms with E-state index >= 15 is 0 Å². The number of carbonyl (C=O) groups is 7. The van der Waals surface area contributed by atoms with Crippen molar-refractivity contribution in [3.63, 3.8) is 0 Å². The molecule has 0 unspecified atom stereocenters. The molecule has 10 rings (SSSR count). The van der Waals surface area contributed by atoms with Crippen molar-refractivity contribution in [3.8, 4) is 51.9 Å². The molecule has 0 aliphatic rings. The Morgan fingerprint density at radius 3 is 1.13 bits per heavy atom. The molecule has 0 bridgehead atoms. The van der Waals surface area contributed by atoms with Gasteiger partial charge in [-0.25, -0.2) is 15.1 Å². The first-order valence-corrected chi connectivity index (χ1v) is 35.4. The van der Waals surface area contributed by atoms with Crippen molar-refractivity contribution in [2.24, 2.45) is 0 Å². The van der Waals surface area contributed by atoms with E-state index in [1.165, 1.54) is 137 Å². The summed E-state index contributed by atoms with van der Waals surface area (Å²) >= 11 is 0. The Hall–Kier alpha value is -16.7. The average molecular weight is 1770 g/mol. The molecule has 5 N–H and O–H groups in total. The van der Waals surface area contributed by atoms with Crippen LogP contribution in [0, 0.1) is 138 Å². The largest absolute Gasteiger partial charge is 0.496 e. The summed E-state index contributed by atoms with van der Waals surface area (Å²) in [4.78, 5) is 158. The van der Waals surface area contributed by atoms with Crippen LogP contribution < -0.4 is 39.9 Å². The minimum atomic E-state index is -1.50. The number of non-ortho nitro benzene ring substituents is 1. The number of nitriles is 1. The lowest BCUT2D eigenvalue weighted by Gasteiger charge is -2.15. The number of hydrogen-bond acceptors (Lipinski definition) is 33. The van der Waals surface area contributed by atoms with Gasteiger partial charge in [-0.1, -0.05) is 34.4 Å². The van der Waals surface area contributed by atoms with Crippen molar-refractivity contribution < 1.29 is 105 Å². The first kappa shape index (κ1) is 112. The van der Waals surface area contributed by atoms with E-state index in [-0.39, 0.29) is 122 Å². The molecule has 0 aliphatic heterocycles. The predicted molar refractivity (Wildman–Crippen MR) is 471 cm³/mol. The first-order chi connectivity index (χ1) is 57.9. The summed E-state index contributed by atoms with van der Waals surface area (Å²) in [5, 5.41) is 84.5. The van der Waals surface area contributed by atoms with Gasteiger partial charge in [0.2, 0.25) is 6.33 Å². The van der Waals surface area contributed by atoms with Crippen LogP contribution in [-0.2, 0) is 0 Å². The maximum absolute atomic E-state index is 11.8. The number of hydrogen-bond donors (Lipinski definition) is 3. The van der Waals surface area contributed by atoms with Crippen LogP contribution in [0.1, 0.15) is 196 Å². The number of rotatable bonds is 21. The zero-order valence-electron chi connectivity index (χ0n) is 70.9. The zero-order valence-corrected chi connectivity index (χ0v) is 70.9. The third-order valence-corrected chi connectivity index (χ3v) is 17.4. The highest BCUT2D eigenvalue weighted by molar-refractivity contribution is 6.02. The van der Waals surface area contributed by atoms with E-state index in [1.54, 1.807) is 72.5 Å². The lowest BCUT2D eigenvalue weighted by Crippen LogP contribution is -2.07. The number of nitro benzene ring substituents is 3. The van der Waals surface area contributed by atoms with Gasteiger partial charge in [0.25, 0.3) is 28.5 Å². The van der Waals surface area contributed by atoms with Gasteiger partial charge in [0.15, 0.2) is 51.7 Å². The lowest BCUT2D eigenvalue weighted by molar-refractivity contribution is -0.742. The smallest absolute Gasteiger partial charge is 0.388 e.